The molecule has 1 saturated heterocycles. The number of non-ortho nitro benzene ring substituents is 1. The monoisotopic (exact) mass is 455 g/mol. The lowest BCUT2D eigenvalue weighted by Gasteiger charge is -2.36. The molecule has 164 valence electrons. The molecule has 0 unspecified atom stereocenters. The summed E-state index contributed by atoms with van der Waals surface area (Å²) in [7, 11) is 0. The number of H-pyrrole nitrogens is 1. The Kier molecular flexibility index (Phi) is 5.98. The van der Waals surface area contributed by atoms with Gasteiger partial charge >= 0.3 is 0 Å². The van der Waals surface area contributed by atoms with E-state index in [0.29, 0.717) is 36.2 Å². The molecule has 12 nitrogen and oxygen atoms in total. The summed E-state index contributed by atoms with van der Waals surface area (Å²) in [4.78, 5) is 42.3. The highest BCUT2D eigenvalue weighted by Gasteiger charge is 2.25. The summed E-state index contributed by atoms with van der Waals surface area (Å²) in [5.41, 5.74) is 0.922. The van der Waals surface area contributed by atoms with Crippen molar-refractivity contribution in [2.45, 2.75) is 10.1 Å². The predicted octanol–water partition coefficient (Wildman–Crippen LogP) is 2.73. The zero-order valence-electron chi connectivity index (χ0n) is 16.6. The molecule has 1 amide bonds. The van der Waals surface area contributed by atoms with E-state index >= 15 is 0 Å². The number of carbonyl (C=O) groups is 1. The van der Waals surface area contributed by atoms with Gasteiger partial charge in [-0.3, -0.25) is 30.1 Å². The van der Waals surface area contributed by atoms with E-state index in [1.165, 1.54) is 30.6 Å². The molecule has 2 aromatic carbocycles. The van der Waals surface area contributed by atoms with Gasteiger partial charge in [-0.05, 0) is 36.0 Å². The van der Waals surface area contributed by atoms with E-state index < -0.39 is 9.85 Å². The highest BCUT2D eigenvalue weighted by Crippen LogP contribution is 2.33. The molecule has 1 N–H and O–H groups in total. The standard InChI is InChI=1S/C19H17N7O5S/c27-18(13-1-6-17(16(11-13)26(30)31)32-19-20-12-21-22-19)24-9-7-23(8-10-24)14-2-4-15(5-3-14)25(28)29/h1-6,11-12H,7-10H2,(H,20,21,22). The molecule has 13 heteroatoms. The Hall–Kier alpha value is -4.00. The smallest absolute Gasteiger partial charge is 0.284 e. The van der Waals surface area contributed by atoms with Crippen LogP contribution >= 0.6 is 11.8 Å². The van der Waals surface area contributed by atoms with Crippen LogP contribution in [0, 0.1) is 20.2 Å². The first-order chi connectivity index (χ1) is 15.4. The maximum absolute atomic E-state index is 12.9. The minimum atomic E-state index is -0.526. The number of piperazine rings is 1. The summed E-state index contributed by atoms with van der Waals surface area (Å²) in [5.74, 6) is -0.285. The Bertz CT molecular complexity index is 1150. The Morgan fingerprint density at radius 3 is 2.31 bits per heavy atom. The van der Waals surface area contributed by atoms with Crippen LogP contribution in [-0.4, -0.2) is 62.0 Å². The van der Waals surface area contributed by atoms with Gasteiger partial charge in [0.1, 0.15) is 6.33 Å². The number of amides is 1. The molecule has 3 aromatic rings. The van der Waals surface area contributed by atoms with Crippen molar-refractivity contribution in [3.05, 3.63) is 74.6 Å². The van der Waals surface area contributed by atoms with Gasteiger partial charge in [-0.15, -0.1) is 0 Å². The Morgan fingerprint density at radius 2 is 1.72 bits per heavy atom. The van der Waals surface area contributed by atoms with Crippen LogP contribution < -0.4 is 4.90 Å². The van der Waals surface area contributed by atoms with Gasteiger partial charge < -0.3 is 9.80 Å². The lowest BCUT2D eigenvalue weighted by molar-refractivity contribution is -0.387. The number of rotatable bonds is 6. The Balaban J connectivity index is 1.44. The minimum Gasteiger partial charge on any atom is -0.368 e. The normalized spacial score (nSPS) is 13.8. The molecule has 0 radical (unpaired) electrons. The zero-order chi connectivity index (χ0) is 22.7. The van der Waals surface area contributed by atoms with Crippen LogP contribution in [0.5, 0.6) is 0 Å². The summed E-state index contributed by atoms with van der Waals surface area (Å²) in [6.45, 7) is 1.95. The molecule has 1 fully saturated rings. The van der Waals surface area contributed by atoms with Gasteiger partial charge in [0.05, 0.1) is 14.7 Å². The van der Waals surface area contributed by atoms with Crippen LogP contribution in [0.1, 0.15) is 10.4 Å². The summed E-state index contributed by atoms with van der Waals surface area (Å²) >= 11 is 1.06. The average molecular weight is 455 g/mol. The maximum atomic E-state index is 12.9. The fourth-order valence-electron chi connectivity index (χ4n) is 3.36. The van der Waals surface area contributed by atoms with Crippen LogP contribution in [0.15, 0.2) is 58.8 Å². The van der Waals surface area contributed by atoms with E-state index in [1.54, 1.807) is 23.1 Å². The number of aromatic nitrogens is 3. The largest absolute Gasteiger partial charge is 0.368 e. The van der Waals surface area contributed by atoms with Crippen molar-refractivity contribution in [1.29, 1.82) is 0 Å². The third-order valence-electron chi connectivity index (χ3n) is 4.99. The molecule has 1 aliphatic rings. The van der Waals surface area contributed by atoms with Crippen molar-refractivity contribution in [3.8, 4) is 0 Å². The molecule has 32 heavy (non-hydrogen) atoms. The summed E-state index contributed by atoms with van der Waals surface area (Å²) in [5, 5.41) is 29.1. The van der Waals surface area contributed by atoms with Crippen molar-refractivity contribution < 1.29 is 14.6 Å². The molecule has 0 saturated carbocycles. The second-order valence-electron chi connectivity index (χ2n) is 6.89. The van der Waals surface area contributed by atoms with Crippen LogP contribution in [0.25, 0.3) is 0 Å². The zero-order valence-corrected chi connectivity index (χ0v) is 17.4. The van der Waals surface area contributed by atoms with Gasteiger partial charge in [-0.2, -0.15) is 5.10 Å². The summed E-state index contributed by atoms with van der Waals surface area (Å²) in [6.07, 6.45) is 1.31. The fraction of sp³-hybridized carbons (Fsp3) is 0.211. The second-order valence-corrected chi connectivity index (χ2v) is 7.92. The van der Waals surface area contributed by atoms with Gasteiger partial charge in [-0.1, -0.05) is 0 Å². The van der Waals surface area contributed by atoms with Crippen molar-refractivity contribution in [1.82, 2.24) is 20.1 Å². The quantitative estimate of drug-likeness (QED) is 0.437. The van der Waals surface area contributed by atoms with Gasteiger partial charge in [0, 0.05) is 55.6 Å². The van der Waals surface area contributed by atoms with Crippen molar-refractivity contribution in [2.75, 3.05) is 31.1 Å². The molecule has 1 aromatic heterocycles. The number of hydrogen-bond acceptors (Lipinski definition) is 9. The number of nitrogens with zero attached hydrogens (tertiary/aromatic N) is 6. The highest BCUT2D eigenvalue weighted by atomic mass is 32.2. The topological polar surface area (TPSA) is 151 Å². The van der Waals surface area contributed by atoms with Crippen molar-refractivity contribution in [3.63, 3.8) is 0 Å². The van der Waals surface area contributed by atoms with Gasteiger partial charge in [0.2, 0.25) is 0 Å². The lowest BCUT2D eigenvalue weighted by atomic mass is 10.1. The molecule has 0 spiro atoms. The first-order valence-electron chi connectivity index (χ1n) is 9.53. The number of anilines is 1. The highest BCUT2D eigenvalue weighted by molar-refractivity contribution is 7.99. The van der Waals surface area contributed by atoms with Crippen LogP contribution in [0.4, 0.5) is 17.1 Å². The van der Waals surface area contributed by atoms with E-state index in [0.717, 1.165) is 17.4 Å². The molecule has 0 aliphatic carbocycles. The molecule has 2 heterocycles. The average Bonchev–Trinajstić information content (AvgIpc) is 3.32. The molecular weight excluding hydrogens is 438 g/mol. The van der Waals surface area contributed by atoms with Gasteiger partial charge in [0.25, 0.3) is 17.3 Å². The molecule has 0 bridgehead atoms. The Labute approximate surface area is 185 Å². The number of benzene rings is 2. The van der Waals surface area contributed by atoms with E-state index in [4.69, 9.17) is 0 Å². The lowest BCUT2D eigenvalue weighted by Crippen LogP contribution is -2.48. The predicted molar refractivity (Wildman–Crippen MR) is 115 cm³/mol. The molecule has 0 atom stereocenters. The van der Waals surface area contributed by atoms with E-state index in [1.807, 2.05) is 4.90 Å². The number of nitro benzene ring substituents is 2. The van der Waals surface area contributed by atoms with Crippen LogP contribution in [-0.2, 0) is 0 Å². The molecule has 1 aliphatic heterocycles. The first kappa shape index (κ1) is 21.2. The summed E-state index contributed by atoms with van der Waals surface area (Å²) < 4.78 is 0. The number of nitrogens with one attached hydrogen (secondary N) is 1. The van der Waals surface area contributed by atoms with E-state index in [-0.39, 0.29) is 22.8 Å². The van der Waals surface area contributed by atoms with E-state index in [9.17, 15) is 25.0 Å². The summed E-state index contributed by atoms with van der Waals surface area (Å²) in [6, 6.07) is 10.6. The first-order valence-corrected chi connectivity index (χ1v) is 10.3. The third kappa shape index (κ3) is 4.51. The van der Waals surface area contributed by atoms with E-state index in [2.05, 4.69) is 15.2 Å². The van der Waals surface area contributed by atoms with Crippen molar-refractivity contribution >= 4 is 34.7 Å². The van der Waals surface area contributed by atoms with Crippen LogP contribution in [0.2, 0.25) is 0 Å². The fourth-order valence-corrected chi connectivity index (χ4v) is 4.14. The SMILES string of the molecule is O=C(c1ccc(Sc2ncn[nH]2)c([N+](=O)[O-])c1)N1CCN(c2ccc([N+](=O)[O-])cc2)CC1. The van der Waals surface area contributed by atoms with Crippen LogP contribution in [0.3, 0.4) is 0 Å². The molecular formula is C19H17N7O5S. The third-order valence-corrected chi connectivity index (χ3v) is 5.95. The number of nitro groups is 2. The van der Waals surface area contributed by atoms with Crippen molar-refractivity contribution in [2.24, 2.45) is 0 Å². The number of hydrogen-bond donors (Lipinski definition) is 1. The second kappa shape index (κ2) is 9.01. The number of carbonyl (C=O) groups excluding carboxylic acids is 1. The number of aromatic amines is 1. The molecule has 4 rings (SSSR count). The minimum absolute atomic E-state index is 0.0223. The maximum Gasteiger partial charge on any atom is 0.284 e. The van der Waals surface area contributed by atoms with Gasteiger partial charge in [0.15, 0.2) is 5.16 Å². The van der Waals surface area contributed by atoms with Gasteiger partial charge in [-0.25, -0.2) is 4.98 Å². The Morgan fingerprint density at radius 1 is 1.00 bits per heavy atom.